The molecule has 1 heterocycles. The molecule has 3 rings (SSSR count). The Balaban J connectivity index is 1.63. The number of nitrogens with one attached hydrogen (secondary N) is 1. The molecule has 0 aromatic heterocycles. The number of benzene rings is 2. The van der Waals surface area contributed by atoms with E-state index < -0.39 is 0 Å². The summed E-state index contributed by atoms with van der Waals surface area (Å²) in [6.07, 6.45) is 0. The van der Waals surface area contributed by atoms with Gasteiger partial charge >= 0.3 is 0 Å². The van der Waals surface area contributed by atoms with Gasteiger partial charge in [-0.15, -0.1) is 0 Å². The number of ether oxygens (including phenoxy) is 1. The van der Waals surface area contributed by atoms with Gasteiger partial charge in [0.05, 0.1) is 5.56 Å². The third-order valence-corrected chi connectivity index (χ3v) is 5.39. The third-order valence-electron chi connectivity index (χ3n) is 5.39. The molecule has 6 heteroatoms. The van der Waals surface area contributed by atoms with Crippen LogP contribution in [0, 0.1) is 5.41 Å². The fourth-order valence-corrected chi connectivity index (χ4v) is 3.71. The minimum atomic E-state index is -0.246. The monoisotopic (exact) mass is 426 g/mol. The molecule has 2 aromatic carbocycles. The Bertz CT molecular complexity index is 947. The second-order valence-corrected chi connectivity index (χ2v) is 9.76. The Morgan fingerprint density at radius 2 is 1.81 bits per heavy atom. The van der Waals surface area contributed by atoms with E-state index in [0.717, 1.165) is 30.0 Å². The quantitative estimate of drug-likeness (QED) is 0.572. The second-order valence-electron chi connectivity index (χ2n) is 9.76. The molecule has 0 aliphatic carbocycles. The van der Waals surface area contributed by atoms with Crippen LogP contribution in [0.5, 0.6) is 17.2 Å². The number of hydrogen-bond donors (Lipinski definition) is 3. The van der Waals surface area contributed by atoms with Crippen LogP contribution in [0.3, 0.4) is 0 Å². The maximum atomic E-state index is 13.1. The number of amides is 1. The zero-order valence-electron chi connectivity index (χ0n) is 19.2. The number of rotatable bonds is 7. The van der Waals surface area contributed by atoms with Crippen LogP contribution in [0.1, 0.15) is 67.6 Å². The predicted octanol–water partition coefficient (Wildman–Crippen LogP) is 4.39. The molecule has 31 heavy (non-hydrogen) atoms. The third kappa shape index (κ3) is 5.70. The highest BCUT2D eigenvalue weighted by Gasteiger charge is 2.27. The van der Waals surface area contributed by atoms with Crippen LogP contribution in [-0.4, -0.2) is 40.7 Å². The lowest BCUT2D eigenvalue weighted by molar-refractivity contribution is 0.0748. The van der Waals surface area contributed by atoms with E-state index in [1.54, 1.807) is 11.0 Å². The Kier molecular flexibility index (Phi) is 6.80. The number of nitrogens with zero attached hydrogens (tertiary/aromatic N) is 1. The van der Waals surface area contributed by atoms with Crippen LogP contribution in [0.25, 0.3) is 0 Å². The summed E-state index contributed by atoms with van der Waals surface area (Å²) >= 11 is 0. The lowest BCUT2D eigenvalue weighted by atomic mass is 9.97. The van der Waals surface area contributed by atoms with Gasteiger partial charge in [-0.25, -0.2) is 0 Å². The molecule has 1 amide bonds. The summed E-state index contributed by atoms with van der Waals surface area (Å²) in [4.78, 5) is 14.8. The molecule has 168 valence electrons. The zero-order valence-corrected chi connectivity index (χ0v) is 19.2. The fourth-order valence-electron chi connectivity index (χ4n) is 3.71. The van der Waals surface area contributed by atoms with Crippen LogP contribution in [0.4, 0.5) is 0 Å². The van der Waals surface area contributed by atoms with Crippen molar-refractivity contribution in [1.82, 2.24) is 10.2 Å². The van der Waals surface area contributed by atoms with Gasteiger partial charge in [-0.3, -0.25) is 4.79 Å². The first-order chi connectivity index (χ1) is 14.5. The summed E-state index contributed by atoms with van der Waals surface area (Å²) in [5, 5.41) is 23.7. The number of carbonyl (C=O) groups is 1. The predicted molar refractivity (Wildman–Crippen MR) is 122 cm³/mol. The highest BCUT2D eigenvalue weighted by molar-refractivity contribution is 5.97. The van der Waals surface area contributed by atoms with Crippen molar-refractivity contribution >= 4 is 5.91 Å². The van der Waals surface area contributed by atoms with E-state index in [-0.39, 0.29) is 34.3 Å². The minimum Gasteiger partial charge on any atom is -0.508 e. The summed E-state index contributed by atoms with van der Waals surface area (Å²) in [7, 11) is 0. The van der Waals surface area contributed by atoms with Crippen molar-refractivity contribution in [3.8, 4) is 17.2 Å². The van der Waals surface area contributed by atoms with Crippen LogP contribution in [0.2, 0.25) is 0 Å². The molecule has 6 nitrogen and oxygen atoms in total. The molecule has 0 spiro atoms. The Morgan fingerprint density at radius 3 is 2.48 bits per heavy atom. The van der Waals surface area contributed by atoms with E-state index in [1.165, 1.54) is 6.07 Å². The number of carbonyl (C=O) groups excluding carboxylic acids is 1. The first kappa shape index (κ1) is 22.9. The van der Waals surface area contributed by atoms with E-state index in [9.17, 15) is 15.0 Å². The van der Waals surface area contributed by atoms with Gasteiger partial charge in [0.15, 0.2) is 0 Å². The number of aromatic hydroxyl groups is 2. The summed E-state index contributed by atoms with van der Waals surface area (Å²) in [5.41, 5.74) is 3.24. The lowest BCUT2D eigenvalue weighted by Crippen LogP contribution is -2.30. The van der Waals surface area contributed by atoms with Gasteiger partial charge in [-0.05, 0) is 46.2 Å². The molecule has 0 unspecified atom stereocenters. The molecular formula is C25H34N2O4. The van der Waals surface area contributed by atoms with E-state index in [1.807, 2.05) is 32.0 Å². The number of phenols is 2. The van der Waals surface area contributed by atoms with Crippen molar-refractivity contribution < 1.29 is 19.7 Å². The van der Waals surface area contributed by atoms with E-state index in [2.05, 4.69) is 26.1 Å². The van der Waals surface area contributed by atoms with Crippen molar-refractivity contribution in [3.05, 3.63) is 52.6 Å². The van der Waals surface area contributed by atoms with Crippen LogP contribution >= 0.6 is 0 Å². The summed E-state index contributed by atoms with van der Waals surface area (Å²) < 4.78 is 5.87. The van der Waals surface area contributed by atoms with Gasteiger partial charge in [0, 0.05) is 32.2 Å². The molecular weight excluding hydrogens is 392 g/mol. The fraction of sp³-hybridized carbons (Fsp3) is 0.480. The number of phenolic OH excluding ortho intramolecular Hbond substituents is 2. The summed E-state index contributed by atoms with van der Waals surface area (Å²) in [6, 6.07) is 8.77. The van der Waals surface area contributed by atoms with Gasteiger partial charge in [-0.2, -0.15) is 0 Å². The standard InChI is InChI=1S/C25H34N2O4/c1-16(2)20-11-21(23(29)12-22(20)28)24(30)27-13-17-6-7-19(10-18(17)14-27)31-9-8-26-15-25(3,4)5/h6-7,10-12,16,26,28-29H,8-9,13-15H2,1-5H3. The molecule has 0 saturated heterocycles. The molecule has 1 aliphatic rings. The van der Waals surface area contributed by atoms with Crippen LogP contribution in [-0.2, 0) is 13.1 Å². The van der Waals surface area contributed by atoms with Crippen LogP contribution in [0.15, 0.2) is 30.3 Å². The first-order valence-electron chi connectivity index (χ1n) is 10.9. The average Bonchev–Trinajstić information content (AvgIpc) is 3.09. The van der Waals surface area contributed by atoms with Crippen molar-refractivity contribution in [2.45, 2.75) is 53.6 Å². The smallest absolute Gasteiger partial charge is 0.258 e. The largest absolute Gasteiger partial charge is 0.508 e. The van der Waals surface area contributed by atoms with Crippen molar-refractivity contribution in [2.75, 3.05) is 19.7 Å². The molecule has 0 radical (unpaired) electrons. The van der Waals surface area contributed by atoms with Gasteiger partial charge in [0.2, 0.25) is 0 Å². The Morgan fingerprint density at radius 1 is 1.10 bits per heavy atom. The molecule has 0 bridgehead atoms. The number of hydrogen-bond acceptors (Lipinski definition) is 5. The van der Waals surface area contributed by atoms with E-state index in [4.69, 9.17) is 4.74 Å². The minimum absolute atomic E-state index is 0.00698. The summed E-state index contributed by atoms with van der Waals surface area (Å²) in [5.74, 6) is 0.396. The molecule has 0 fully saturated rings. The maximum Gasteiger partial charge on any atom is 0.258 e. The van der Waals surface area contributed by atoms with Crippen molar-refractivity contribution in [1.29, 1.82) is 0 Å². The topological polar surface area (TPSA) is 82.0 Å². The van der Waals surface area contributed by atoms with E-state index in [0.29, 0.717) is 25.3 Å². The Labute approximate surface area is 184 Å². The van der Waals surface area contributed by atoms with Crippen molar-refractivity contribution in [3.63, 3.8) is 0 Å². The average molecular weight is 427 g/mol. The number of fused-ring (bicyclic) bond motifs is 1. The molecule has 0 atom stereocenters. The van der Waals surface area contributed by atoms with Crippen LogP contribution < -0.4 is 10.1 Å². The molecule has 3 N–H and O–H groups in total. The van der Waals surface area contributed by atoms with Gasteiger partial charge in [-0.1, -0.05) is 40.7 Å². The highest BCUT2D eigenvalue weighted by atomic mass is 16.5. The lowest BCUT2D eigenvalue weighted by Gasteiger charge is -2.18. The normalized spacial score (nSPS) is 13.5. The first-order valence-corrected chi connectivity index (χ1v) is 10.9. The van der Waals surface area contributed by atoms with Gasteiger partial charge in [0.1, 0.15) is 23.9 Å². The second kappa shape index (κ2) is 9.18. The zero-order chi connectivity index (χ0) is 22.8. The molecule has 2 aromatic rings. The Hall–Kier alpha value is -2.73. The van der Waals surface area contributed by atoms with Crippen molar-refractivity contribution in [2.24, 2.45) is 5.41 Å². The SMILES string of the molecule is CC(C)c1cc(C(=O)N2Cc3ccc(OCCNCC(C)(C)C)cc3C2)c(O)cc1O. The molecule has 1 aliphatic heterocycles. The van der Waals surface area contributed by atoms with Gasteiger partial charge < -0.3 is 25.2 Å². The highest BCUT2D eigenvalue weighted by Crippen LogP contribution is 2.35. The van der Waals surface area contributed by atoms with Gasteiger partial charge in [0.25, 0.3) is 5.91 Å². The van der Waals surface area contributed by atoms with E-state index >= 15 is 0 Å². The maximum absolute atomic E-state index is 13.1. The summed E-state index contributed by atoms with van der Waals surface area (Å²) in [6.45, 7) is 13.7. The molecule has 0 saturated carbocycles.